The van der Waals surface area contributed by atoms with E-state index < -0.39 is 151 Å². The number of aromatic carboxylic acids is 4. The normalized spacial score (nSPS) is 10.7. The molecule has 0 heterocycles. The predicted octanol–water partition coefficient (Wildman–Crippen LogP) is 1.49. The molecule has 0 saturated carbocycles. The van der Waals surface area contributed by atoms with Crippen LogP contribution in [0.5, 0.6) is 0 Å². The maximum atomic E-state index is 13.3. The summed E-state index contributed by atoms with van der Waals surface area (Å²) in [5.41, 5.74) is -5.83. The second-order valence-corrected chi connectivity index (χ2v) is 12.9. The molecule has 24 heteroatoms. The lowest BCUT2D eigenvalue weighted by Gasteiger charge is -2.14. The summed E-state index contributed by atoms with van der Waals surface area (Å²) in [6.07, 6.45) is -4.28. The maximum absolute atomic E-state index is 13.3. The molecule has 0 aliphatic rings. The molecule has 0 amide bonds. The van der Waals surface area contributed by atoms with Crippen LogP contribution < -0.4 is 0 Å². The number of carbonyl (C=O) groups is 10. The molecule has 0 fully saturated rings. The van der Waals surface area contributed by atoms with Crippen molar-refractivity contribution in [2.45, 2.75) is 12.6 Å². The molecule has 4 aromatic carbocycles. The molecular formula is C42H34O24. The summed E-state index contributed by atoms with van der Waals surface area (Å²) in [7, 11) is 0. The van der Waals surface area contributed by atoms with Crippen LogP contribution in [-0.2, 0) is 28.4 Å². The van der Waals surface area contributed by atoms with Crippen LogP contribution in [0, 0.1) is 0 Å². The Balaban J connectivity index is 1.43. The molecule has 4 rings (SSSR count). The molecule has 346 valence electrons. The average molecular weight is 923 g/mol. The number of esters is 6. The number of carbonyl (C=O) groups excluding carboxylic acids is 6. The van der Waals surface area contributed by atoms with Crippen molar-refractivity contribution in [1.82, 2.24) is 0 Å². The largest absolute Gasteiger partial charge is 0.478 e. The van der Waals surface area contributed by atoms with Crippen molar-refractivity contribution in [2.24, 2.45) is 0 Å². The molecule has 0 atom stereocenters. The Morgan fingerprint density at radius 1 is 0.318 bits per heavy atom. The van der Waals surface area contributed by atoms with Gasteiger partial charge in [0.05, 0.1) is 55.6 Å². The van der Waals surface area contributed by atoms with E-state index in [-0.39, 0.29) is 27.8 Å². The van der Waals surface area contributed by atoms with E-state index in [9.17, 15) is 88.8 Å². The summed E-state index contributed by atoms with van der Waals surface area (Å²) in [5, 5.41) is 74.8. The number of rotatable bonds is 21. The second-order valence-electron chi connectivity index (χ2n) is 12.9. The van der Waals surface area contributed by atoms with Gasteiger partial charge in [0.2, 0.25) is 0 Å². The standard InChI is InChI=1S/C42H34O24/c43-31(44)23-5-1-19(15-27(23)34(49)50)37(55)61-9-10-62-40(58)22-4-8-26(41(59)65-13-11-63-38(56)20-2-6-24(32(45)46)28(16-20)35(51)52)30(18-22)42(60)66-14-12-64-39(57)21-3-7-25(33(47)48)29(17-21)36(53)54/h1-8,15-18,31,34,43-44,49-50H,9-14H2,(H,45,46)(H,47,48)(H,51,52)(H,53,54). The molecule has 8 N–H and O–H groups in total. The first-order chi connectivity index (χ1) is 31.2. The minimum Gasteiger partial charge on any atom is -0.478 e. The Morgan fingerprint density at radius 2 is 0.591 bits per heavy atom. The lowest BCUT2D eigenvalue weighted by Crippen LogP contribution is -2.20. The van der Waals surface area contributed by atoms with Crippen LogP contribution in [0.2, 0.25) is 0 Å². The van der Waals surface area contributed by atoms with E-state index in [1.807, 2.05) is 0 Å². The van der Waals surface area contributed by atoms with Crippen LogP contribution in [0.1, 0.15) is 127 Å². The van der Waals surface area contributed by atoms with Gasteiger partial charge in [-0.1, -0.05) is 6.07 Å². The molecule has 0 aliphatic carbocycles. The van der Waals surface area contributed by atoms with E-state index in [1.54, 1.807) is 0 Å². The summed E-state index contributed by atoms with van der Waals surface area (Å²) in [6, 6.07) is 11.1. The summed E-state index contributed by atoms with van der Waals surface area (Å²) < 4.78 is 30.2. The van der Waals surface area contributed by atoms with Crippen molar-refractivity contribution < 1.29 is 117 Å². The molecule has 4 aromatic rings. The van der Waals surface area contributed by atoms with Crippen LogP contribution in [0.4, 0.5) is 0 Å². The minimum absolute atomic E-state index is 0.240. The lowest BCUT2D eigenvalue weighted by atomic mass is 10.0. The van der Waals surface area contributed by atoms with E-state index in [1.165, 1.54) is 0 Å². The predicted molar refractivity (Wildman–Crippen MR) is 210 cm³/mol. The van der Waals surface area contributed by atoms with E-state index >= 15 is 0 Å². The number of aliphatic hydroxyl groups excluding tert-OH is 2. The van der Waals surface area contributed by atoms with Gasteiger partial charge in [0, 0.05) is 11.1 Å². The van der Waals surface area contributed by atoms with Gasteiger partial charge < -0.3 is 69.3 Å². The average Bonchev–Trinajstić information content (AvgIpc) is 3.28. The summed E-state index contributed by atoms with van der Waals surface area (Å²) in [6.45, 7) is -3.82. The minimum atomic E-state index is -2.18. The molecule has 0 unspecified atom stereocenters. The van der Waals surface area contributed by atoms with E-state index in [2.05, 4.69) is 0 Å². The van der Waals surface area contributed by atoms with Crippen LogP contribution in [0.15, 0.2) is 72.8 Å². The molecule has 24 nitrogen and oxygen atoms in total. The van der Waals surface area contributed by atoms with Gasteiger partial charge in [0.1, 0.15) is 39.6 Å². The van der Waals surface area contributed by atoms with Crippen LogP contribution in [-0.4, -0.2) is 140 Å². The quantitative estimate of drug-likeness (QED) is 0.0254. The molecule has 0 saturated heterocycles. The van der Waals surface area contributed by atoms with Crippen molar-refractivity contribution >= 4 is 59.7 Å². The summed E-state index contributed by atoms with van der Waals surface area (Å²) in [4.78, 5) is 123. The fourth-order valence-corrected chi connectivity index (χ4v) is 5.54. The number of aliphatic hydroxyl groups is 4. The summed E-state index contributed by atoms with van der Waals surface area (Å²) in [5.74, 6) is -13.4. The zero-order valence-electron chi connectivity index (χ0n) is 33.4. The first-order valence-electron chi connectivity index (χ1n) is 18.5. The number of hydrogen-bond acceptors (Lipinski definition) is 20. The van der Waals surface area contributed by atoms with E-state index in [4.69, 9.17) is 28.4 Å². The van der Waals surface area contributed by atoms with Gasteiger partial charge in [0.15, 0.2) is 12.6 Å². The van der Waals surface area contributed by atoms with E-state index in [0.717, 1.165) is 72.8 Å². The maximum Gasteiger partial charge on any atom is 0.339 e. The fourth-order valence-electron chi connectivity index (χ4n) is 5.54. The molecule has 0 aromatic heterocycles. The highest BCUT2D eigenvalue weighted by molar-refractivity contribution is 6.06. The Hall–Kier alpha value is -8.58. The highest BCUT2D eigenvalue weighted by Gasteiger charge is 2.25. The van der Waals surface area contributed by atoms with Crippen molar-refractivity contribution in [3.63, 3.8) is 0 Å². The molecule has 0 bridgehead atoms. The zero-order chi connectivity index (χ0) is 48.8. The van der Waals surface area contributed by atoms with Crippen molar-refractivity contribution in [3.05, 3.63) is 140 Å². The van der Waals surface area contributed by atoms with Crippen molar-refractivity contribution in [3.8, 4) is 0 Å². The SMILES string of the molecule is O=C(OCCOC(=O)c1ccc(C(O)O)c(C(O)O)c1)c1ccc(C(=O)OCCOC(=O)c2ccc(C(=O)O)c(C(=O)O)c2)c(C(=O)OCCOC(=O)c2ccc(C(=O)O)c(C(=O)O)c2)c1. The number of carboxylic acid groups (broad SMARTS) is 4. The first-order valence-corrected chi connectivity index (χ1v) is 18.5. The van der Waals surface area contributed by atoms with Gasteiger partial charge in [-0.05, 0) is 66.7 Å². The Kier molecular flexibility index (Phi) is 17.2. The smallest absolute Gasteiger partial charge is 0.339 e. The second kappa shape index (κ2) is 22.7. The Morgan fingerprint density at radius 3 is 0.924 bits per heavy atom. The molecule has 0 radical (unpaired) electrons. The van der Waals surface area contributed by atoms with Gasteiger partial charge in [-0.3, -0.25) is 0 Å². The number of ether oxygens (including phenoxy) is 6. The fraction of sp³-hybridized carbons (Fsp3) is 0.190. The molecular weight excluding hydrogens is 888 g/mol. The van der Waals surface area contributed by atoms with Crippen LogP contribution in [0.25, 0.3) is 0 Å². The van der Waals surface area contributed by atoms with Crippen molar-refractivity contribution in [1.29, 1.82) is 0 Å². The van der Waals surface area contributed by atoms with E-state index in [0.29, 0.717) is 0 Å². The van der Waals surface area contributed by atoms with Gasteiger partial charge in [-0.2, -0.15) is 0 Å². The molecule has 0 aliphatic heterocycles. The third kappa shape index (κ3) is 13.0. The highest BCUT2D eigenvalue weighted by Crippen LogP contribution is 2.24. The highest BCUT2D eigenvalue weighted by atomic mass is 16.6. The topological polar surface area (TPSA) is 388 Å². The van der Waals surface area contributed by atoms with Gasteiger partial charge in [-0.25, -0.2) is 47.9 Å². The lowest BCUT2D eigenvalue weighted by molar-refractivity contribution is -0.0635. The Bertz CT molecular complexity index is 2590. The zero-order valence-corrected chi connectivity index (χ0v) is 33.4. The van der Waals surface area contributed by atoms with Gasteiger partial charge >= 0.3 is 59.7 Å². The van der Waals surface area contributed by atoms with Crippen LogP contribution in [0.3, 0.4) is 0 Å². The van der Waals surface area contributed by atoms with Crippen LogP contribution >= 0.6 is 0 Å². The molecule has 66 heavy (non-hydrogen) atoms. The number of hydrogen-bond donors (Lipinski definition) is 8. The third-order valence-electron chi connectivity index (χ3n) is 8.66. The molecule has 0 spiro atoms. The number of benzene rings is 4. The monoisotopic (exact) mass is 922 g/mol. The third-order valence-corrected chi connectivity index (χ3v) is 8.66. The van der Waals surface area contributed by atoms with Gasteiger partial charge in [0.25, 0.3) is 0 Å². The summed E-state index contributed by atoms with van der Waals surface area (Å²) >= 11 is 0. The van der Waals surface area contributed by atoms with Crippen molar-refractivity contribution in [2.75, 3.05) is 39.6 Å². The number of carboxylic acids is 4. The Labute approximate surface area is 368 Å². The van der Waals surface area contributed by atoms with Gasteiger partial charge in [-0.15, -0.1) is 0 Å². The first kappa shape index (κ1) is 50.1.